The fourth-order valence-electron chi connectivity index (χ4n) is 2.49. The van der Waals surface area contributed by atoms with Crippen molar-refractivity contribution >= 4 is 0 Å². The number of halogens is 1. The van der Waals surface area contributed by atoms with Gasteiger partial charge in [-0.25, -0.2) is 4.39 Å². The van der Waals surface area contributed by atoms with E-state index in [-0.39, 0.29) is 5.82 Å². The zero-order valence-corrected chi connectivity index (χ0v) is 11.5. The van der Waals surface area contributed by atoms with Crippen LogP contribution in [-0.2, 0) is 0 Å². The van der Waals surface area contributed by atoms with Crippen molar-refractivity contribution < 1.29 is 9.50 Å². The number of piperidine rings is 1. The maximum atomic E-state index is 12.8. The molecule has 0 amide bonds. The Morgan fingerprint density at radius 3 is 2.58 bits per heavy atom. The van der Waals surface area contributed by atoms with Crippen molar-refractivity contribution in [3.8, 4) is 0 Å². The van der Waals surface area contributed by atoms with E-state index < -0.39 is 6.10 Å². The monoisotopic (exact) mass is 266 g/mol. The number of aliphatic hydroxyl groups is 1. The molecule has 2 N–H and O–H groups in total. The molecule has 1 aliphatic heterocycles. The minimum absolute atomic E-state index is 0.268. The van der Waals surface area contributed by atoms with Gasteiger partial charge in [-0.05, 0) is 63.1 Å². The van der Waals surface area contributed by atoms with E-state index in [2.05, 4.69) is 17.3 Å². The van der Waals surface area contributed by atoms with Crippen molar-refractivity contribution in [1.82, 2.24) is 10.2 Å². The van der Waals surface area contributed by atoms with Gasteiger partial charge in [0.25, 0.3) is 0 Å². The van der Waals surface area contributed by atoms with Gasteiger partial charge in [-0.2, -0.15) is 0 Å². The minimum Gasteiger partial charge on any atom is -0.387 e. The van der Waals surface area contributed by atoms with Crippen LogP contribution in [0.25, 0.3) is 0 Å². The van der Waals surface area contributed by atoms with Gasteiger partial charge in [0.05, 0.1) is 6.10 Å². The maximum Gasteiger partial charge on any atom is 0.123 e. The first-order chi connectivity index (χ1) is 9.15. The predicted octanol–water partition coefficient (Wildman–Crippen LogP) is 1.79. The third-order valence-electron chi connectivity index (χ3n) is 3.86. The Labute approximate surface area is 114 Å². The van der Waals surface area contributed by atoms with Gasteiger partial charge in [-0.3, -0.25) is 0 Å². The zero-order valence-electron chi connectivity index (χ0n) is 11.5. The van der Waals surface area contributed by atoms with Crippen molar-refractivity contribution in [1.29, 1.82) is 0 Å². The lowest BCUT2D eigenvalue weighted by molar-refractivity contribution is 0.165. The number of hydrogen-bond donors (Lipinski definition) is 2. The van der Waals surface area contributed by atoms with E-state index in [0.29, 0.717) is 12.5 Å². The van der Waals surface area contributed by atoms with Gasteiger partial charge in [0.15, 0.2) is 0 Å². The van der Waals surface area contributed by atoms with Crippen molar-refractivity contribution in [3.05, 3.63) is 35.6 Å². The lowest BCUT2D eigenvalue weighted by atomic mass is 9.97. The molecule has 106 valence electrons. The second-order valence-corrected chi connectivity index (χ2v) is 5.47. The first-order valence-electron chi connectivity index (χ1n) is 6.98. The summed E-state index contributed by atoms with van der Waals surface area (Å²) in [6, 6.07) is 6.04. The number of hydrogen-bond acceptors (Lipinski definition) is 3. The Hall–Kier alpha value is -0.970. The van der Waals surface area contributed by atoms with Gasteiger partial charge in [0.1, 0.15) is 5.82 Å². The van der Waals surface area contributed by atoms with Crippen LogP contribution in [0.5, 0.6) is 0 Å². The average molecular weight is 266 g/mol. The molecule has 3 nitrogen and oxygen atoms in total. The van der Waals surface area contributed by atoms with Crippen LogP contribution in [0.4, 0.5) is 4.39 Å². The summed E-state index contributed by atoms with van der Waals surface area (Å²) in [5.41, 5.74) is 0.761. The highest BCUT2D eigenvalue weighted by Crippen LogP contribution is 2.16. The van der Waals surface area contributed by atoms with Crippen LogP contribution in [0.2, 0.25) is 0 Å². The van der Waals surface area contributed by atoms with E-state index in [1.54, 1.807) is 12.1 Å². The highest BCUT2D eigenvalue weighted by Gasteiger charge is 2.16. The van der Waals surface area contributed by atoms with Crippen LogP contribution < -0.4 is 5.32 Å². The van der Waals surface area contributed by atoms with Gasteiger partial charge in [0.2, 0.25) is 0 Å². The quantitative estimate of drug-likeness (QED) is 0.853. The molecule has 0 saturated carbocycles. The molecule has 1 heterocycles. The van der Waals surface area contributed by atoms with Gasteiger partial charge >= 0.3 is 0 Å². The third kappa shape index (κ3) is 4.56. The van der Waals surface area contributed by atoms with Crippen LogP contribution in [0.3, 0.4) is 0 Å². The number of likely N-dealkylation sites (tertiary alicyclic amines) is 1. The summed E-state index contributed by atoms with van der Waals surface area (Å²) in [5.74, 6) is 0.437. The Kier molecular flexibility index (Phi) is 5.31. The molecule has 4 heteroatoms. The second-order valence-electron chi connectivity index (χ2n) is 5.47. The van der Waals surface area contributed by atoms with Gasteiger partial charge in [-0.15, -0.1) is 0 Å². The van der Waals surface area contributed by atoms with Crippen molar-refractivity contribution in [2.45, 2.75) is 18.9 Å². The normalized spacial score (nSPS) is 19.5. The molecule has 2 rings (SSSR count). The van der Waals surface area contributed by atoms with E-state index in [9.17, 15) is 9.50 Å². The third-order valence-corrected chi connectivity index (χ3v) is 3.86. The predicted molar refractivity (Wildman–Crippen MR) is 74.5 cm³/mol. The minimum atomic E-state index is -0.563. The summed E-state index contributed by atoms with van der Waals surface area (Å²) in [6.07, 6.45) is 1.87. The summed E-state index contributed by atoms with van der Waals surface area (Å²) < 4.78 is 12.8. The molecular formula is C15H23FN2O. The fourth-order valence-corrected chi connectivity index (χ4v) is 2.49. The molecular weight excluding hydrogens is 243 g/mol. The Morgan fingerprint density at radius 2 is 1.95 bits per heavy atom. The van der Waals surface area contributed by atoms with E-state index in [4.69, 9.17) is 0 Å². The summed E-state index contributed by atoms with van der Waals surface area (Å²) in [7, 11) is 2.15. The van der Waals surface area contributed by atoms with Crippen LogP contribution in [0.15, 0.2) is 24.3 Å². The molecule has 0 bridgehead atoms. The number of aliphatic hydroxyl groups excluding tert-OH is 1. The second kappa shape index (κ2) is 6.98. The molecule has 1 aromatic rings. The number of benzene rings is 1. The number of nitrogens with one attached hydrogen (secondary N) is 1. The van der Waals surface area contributed by atoms with Crippen molar-refractivity contribution in [2.24, 2.45) is 5.92 Å². The average Bonchev–Trinajstić information content (AvgIpc) is 2.41. The number of nitrogens with zero attached hydrogens (tertiary/aromatic N) is 1. The Morgan fingerprint density at radius 1 is 1.32 bits per heavy atom. The van der Waals surface area contributed by atoms with Crippen LogP contribution in [0, 0.1) is 11.7 Å². The largest absolute Gasteiger partial charge is 0.387 e. The smallest absolute Gasteiger partial charge is 0.123 e. The van der Waals surface area contributed by atoms with Crippen LogP contribution in [0.1, 0.15) is 24.5 Å². The van der Waals surface area contributed by atoms with E-state index in [1.807, 2.05) is 0 Å². The van der Waals surface area contributed by atoms with Gasteiger partial charge in [-0.1, -0.05) is 12.1 Å². The zero-order chi connectivity index (χ0) is 13.7. The van der Waals surface area contributed by atoms with Crippen LogP contribution >= 0.6 is 0 Å². The van der Waals surface area contributed by atoms with E-state index in [1.165, 1.54) is 25.0 Å². The molecule has 0 aliphatic carbocycles. The Bertz CT molecular complexity index is 374. The molecule has 0 radical (unpaired) electrons. The highest BCUT2D eigenvalue weighted by atomic mass is 19.1. The summed E-state index contributed by atoms with van der Waals surface area (Å²) in [6.45, 7) is 3.80. The van der Waals surface area contributed by atoms with Gasteiger partial charge in [0, 0.05) is 6.54 Å². The molecule has 1 aromatic carbocycles. The molecule has 0 spiro atoms. The standard InChI is InChI=1S/C15H23FN2O/c1-18-8-6-12(7-9-18)10-17-11-15(19)13-2-4-14(16)5-3-13/h2-5,12,15,17,19H,6-11H2,1H3. The SMILES string of the molecule is CN1CCC(CNCC(O)c2ccc(F)cc2)CC1. The molecule has 1 unspecified atom stereocenters. The topological polar surface area (TPSA) is 35.5 Å². The molecule has 1 fully saturated rings. The summed E-state index contributed by atoms with van der Waals surface area (Å²) in [4.78, 5) is 2.35. The first kappa shape index (κ1) is 14.4. The first-order valence-corrected chi connectivity index (χ1v) is 6.98. The lowest BCUT2D eigenvalue weighted by Crippen LogP contribution is -2.36. The summed E-state index contributed by atoms with van der Waals surface area (Å²) >= 11 is 0. The fraction of sp³-hybridized carbons (Fsp3) is 0.600. The molecule has 1 saturated heterocycles. The molecule has 1 aliphatic rings. The number of rotatable bonds is 5. The molecule has 1 atom stereocenters. The maximum absolute atomic E-state index is 12.8. The van der Waals surface area contributed by atoms with Crippen molar-refractivity contribution in [3.63, 3.8) is 0 Å². The molecule has 0 aromatic heterocycles. The van der Waals surface area contributed by atoms with E-state index in [0.717, 1.165) is 25.2 Å². The van der Waals surface area contributed by atoms with Gasteiger partial charge < -0.3 is 15.3 Å². The van der Waals surface area contributed by atoms with Crippen molar-refractivity contribution in [2.75, 3.05) is 33.2 Å². The lowest BCUT2D eigenvalue weighted by Gasteiger charge is -2.29. The molecule has 19 heavy (non-hydrogen) atoms. The van der Waals surface area contributed by atoms with E-state index >= 15 is 0 Å². The van der Waals surface area contributed by atoms with Crippen LogP contribution in [-0.4, -0.2) is 43.2 Å². The highest BCUT2D eigenvalue weighted by molar-refractivity contribution is 5.18. The summed E-state index contributed by atoms with van der Waals surface area (Å²) in [5, 5.41) is 13.3. The Balaban J connectivity index is 1.69.